The number of rotatable bonds is 9. The highest BCUT2D eigenvalue weighted by Crippen LogP contribution is 2.40. The van der Waals surface area contributed by atoms with Gasteiger partial charge in [0.1, 0.15) is 30.3 Å². The third-order valence-electron chi connectivity index (χ3n) is 9.38. The maximum absolute atomic E-state index is 13.8. The fraction of sp³-hybridized carbons (Fsp3) is 0.214. The van der Waals surface area contributed by atoms with E-state index in [0.29, 0.717) is 38.6 Å². The first-order valence-electron chi connectivity index (χ1n) is 18.5. The van der Waals surface area contributed by atoms with E-state index in [1.165, 1.54) is 65.7 Å². The van der Waals surface area contributed by atoms with Crippen LogP contribution < -0.4 is 16.0 Å². The Hall–Kier alpha value is -5.82. The van der Waals surface area contributed by atoms with E-state index >= 15 is 0 Å². The van der Waals surface area contributed by atoms with Crippen LogP contribution in [0, 0.1) is 11.6 Å². The minimum absolute atomic E-state index is 0.00283. The lowest BCUT2D eigenvalue weighted by Crippen LogP contribution is -2.42. The lowest BCUT2D eigenvalue weighted by atomic mass is 9.94. The summed E-state index contributed by atoms with van der Waals surface area (Å²) >= 11 is 15.1. The van der Waals surface area contributed by atoms with Crippen LogP contribution in [0.4, 0.5) is 22.0 Å². The average Bonchev–Trinajstić information content (AvgIpc) is 3.96. The van der Waals surface area contributed by atoms with Gasteiger partial charge in [-0.05, 0) is 50.6 Å². The number of benzene rings is 3. The predicted octanol–water partition coefficient (Wildman–Crippen LogP) is 9.42. The van der Waals surface area contributed by atoms with E-state index in [4.69, 9.17) is 28.2 Å². The smallest absolute Gasteiger partial charge is 0.346 e. The summed E-state index contributed by atoms with van der Waals surface area (Å²) in [6.07, 6.45) is -1.39. The first kappa shape index (κ1) is 45.7. The molecule has 20 heteroatoms. The Morgan fingerprint density at radius 1 is 0.823 bits per heavy atom. The van der Waals surface area contributed by atoms with Crippen LogP contribution in [0.15, 0.2) is 122 Å². The Balaban J connectivity index is 0.000000211. The van der Waals surface area contributed by atoms with Crippen molar-refractivity contribution >= 4 is 75.3 Å². The van der Waals surface area contributed by atoms with Crippen molar-refractivity contribution in [1.82, 2.24) is 30.8 Å². The molecule has 7 rings (SSSR count). The van der Waals surface area contributed by atoms with E-state index in [1.807, 2.05) is 42.6 Å². The number of nitrogens with zero attached hydrogens (tertiary/aromatic N) is 5. The second-order valence-corrected chi connectivity index (χ2v) is 16.3. The van der Waals surface area contributed by atoms with Gasteiger partial charge in [0.2, 0.25) is 5.91 Å². The van der Waals surface area contributed by atoms with Crippen molar-refractivity contribution < 1.29 is 36.3 Å². The Bertz CT molecular complexity index is 2600. The Morgan fingerprint density at radius 2 is 1.39 bits per heavy atom. The summed E-state index contributed by atoms with van der Waals surface area (Å²) in [5.41, 5.74) is 2.59. The van der Waals surface area contributed by atoms with Crippen LogP contribution >= 0.6 is 45.9 Å². The molecular formula is C42H35Cl2F5N8O3S2. The van der Waals surface area contributed by atoms with E-state index in [9.17, 15) is 36.3 Å². The van der Waals surface area contributed by atoms with Gasteiger partial charge in [0.05, 0.1) is 17.2 Å². The standard InChI is InChI=1S/C25H22ClFN4O2S.C17H13ClF4N4OS/c1-14(17-7-5-4-6-8-17)29-24(33)21-15(2)31(16(3)32)23(25-28-11-12-34-25)30-22(21)19-10-9-18(27)13-20(19)26;1-8-12(15(27)24-7-17(20,21)22)13(10-3-2-9(19)6-11(10)18)26-14(25-8)16-23-4-5-28-16/h4-14,22H,1-3H3,(H,29,33);2-6,13H,7H2,1H3,(H,24,27)(H,25,26)/t14-,22+;13-/m10/s1. The number of amides is 3. The van der Waals surface area contributed by atoms with Gasteiger partial charge in [0.25, 0.3) is 11.8 Å². The number of alkyl halides is 3. The molecule has 62 heavy (non-hydrogen) atoms. The highest BCUT2D eigenvalue weighted by Gasteiger charge is 2.38. The summed E-state index contributed by atoms with van der Waals surface area (Å²) < 4.78 is 64.8. The summed E-state index contributed by atoms with van der Waals surface area (Å²) in [5.74, 6) is -2.08. The molecule has 3 atom stereocenters. The molecule has 2 aliphatic rings. The second kappa shape index (κ2) is 19.5. The summed E-state index contributed by atoms with van der Waals surface area (Å²) in [6.45, 7) is 5.01. The fourth-order valence-corrected chi connectivity index (χ4v) is 8.32. The molecule has 3 N–H and O–H groups in total. The number of aliphatic imine (C=N–C) groups is 2. The van der Waals surface area contributed by atoms with Gasteiger partial charge >= 0.3 is 6.18 Å². The number of hydrogen-bond donors (Lipinski definition) is 3. The number of carbonyl (C=O) groups excluding carboxylic acids is 3. The number of amidine groups is 2. The minimum Gasteiger partial charge on any atom is -0.346 e. The Morgan fingerprint density at radius 3 is 1.90 bits per heavy atom. The van der Waals surface area contributed by atoms with Gasteiger partial charge in [0.15, 0.2) is 21.7 Å². The van der Waals surface area contributed by atoms with Gasteiger partial charge < -0.3 is 16.0 Å². The topological polar surface area (TPSA) is 141 Å². The van der Waals surface area contributed by atoms with Crippen molar-refractivity contribution in [3.63, 3.8) is 0 Å². The zero-order valence-corrected chi connectivity index (χ0v) is 36.2. The Kier molecular flexibility index (Phi) is 14.4. The van der Waals surface area contributed by atoms with Crippen LogP contribution in [0.25, 0.3) is 0 Å². The van der Waals surface area contributed by atoms with Crippen molar-refractivity contribution in [3.8, 4) is 0 Å². The van der Waals surface area contributed by atoms with Gasteiger partial charge in [-0.25, -0.2) is 18.7 Å². The van der Waals surface area contributed by atoms with Crippen molar-refractivity contribution in [2.24, 2.45) is 9.98 Å². The third-order valence-corrected chi connectivity index (χ3v) is 11.6. The predicted molar refractivity (Wildman–Crippen MR) is 229 cm³/mol. The van der Waals surface area contributed by atoms with E-state index in [1.54, 1.807) is 30.1 Å². The molecule has 5 aromatic rings. The van der Waals surface area contributed by atoms with Gasteiger partial charge in [0, 0.05) is 62.6 Å². The molecule has 0 unspecified atom stereocenters. The zero-order chi connectivity index (χ0) is 44.9. The summed E-state index contributed by atoms with van der Waals surface area (Å²) in [4.78, 5) is 57.8. The summed E-state index contributed by atoms with van der Waals surface area (Å²) in [6, 6.07) is 14.9. The largest absolute Gasteiger partial charge is 0.405 e. The van der Waals surface area contributed by atoms with Crippen molar-refractivity contribution in [3.05, 3.63) is 161 Å². The molecule has 3 amide bonds. The quantitative estimate of drug-likeness (QED) is 0.126. The van der Waals surface area contributed by atoms with E-state index in [2.05, 4.69) is 25.6 Å². The average molecular weight is 930 g/mol. The van der Waals surface area contributed by atoms with Gasteiger partial charge in [-0.15, -0.1) is 22.7 Å². The maximum Gasteiger partial charge on any atom is 0.405 e. The molecule has 0 saturated carbocycles. The molecule has 0 aliphatic carbocycles. The van der Waals surface area contributed by atoms with Crippen molar-refractivity contribution in [2.45, 2.75) is 52.0 Å². The maximum atomic E-state index is 13.8. The number of hydrogen-bond acceptors (Lipinski definition) is 10. The summed E-state index contributed by atoms with van der Waals surface area (Å²) in [5, 5.41) is 12.4. The van der Waals surface area contributed by atoms with Crippen LogP contribution in [-0.4, -0.2) is 57.0 Å². The van der Waals surface area contributed by atoms with Crippen LogP contribution in [0.2, 0.25) is 10.0 Å². The number of halogens is 7. The first-order chi connectivity index (χ1) is 29.4. The van der Waals surface area contributed by atoms with Gasteiger partial charge in [-0.1, -0.05) is 65.7 Å². The Labute approximate surface area is 370 Å². The van der Waals surface area contributed by atoms with Crippen molar-refractivity contribution in [1.29, 1.82) is 0 Å². The van der Waals surface area contributed by atoms with Crippen LogP contribution in [-0.2, 0) is 14.4 Å². The highest BCUT2D eigenvalue weighted by atomic mass is 35.5. The van der Waals surface area contributed by atoms with E-state index in [0.717, 1.165) is 17.7 Å². The first-order valence-corrected chi connectivity index (χ1v) is 21.0. The highest BCUT2D eigenvalue weighted by molar-refractivity contribution is 7.12. The molecular weight excluding hydrogens is 895 g/mol. The molecule has 322 valence electrons. The van der Waals surface area contributed by atoms with E-state index < -0.39 is 48.3 Å². The zero-order valence-electron chi connectivity index (χ0n) is 33.0. The van der Waals surface area contributed by atoms with Crippen LogP contribution in [0.5, 0.6) is 0 Å². The van der Waals surface area contributed by atoms with E-state index in [-0.39, 0.29) is 38.7 Å². The molecule has 3 aromatic carbocycles. The number of nitrogens with one attached hydrogen (secondary N) is 3. The lowest BCUT2D eigenvalue weighted by Gasteiger charge is -2.33. The molecule has 0 saturated heterocycles. The number of carbonyl (C=O) groups is 3. The molecule has 2 aliphatic heterocycles. The molecule has 0 radical (unpaired) electrons. The molecule has 11 nitrogen and oxygen atoms in total. The number of allylic oxidation sites excluding steroid dienone is 2. The number of aromatic nitrogens is 2. The second-order valence-electron chi connectivity index (χ2n) is 13.7. The lowest BCUT2D eigenvalue weighted by molar-refractivity contribution is -0.136. The normalized spacial score (nSPS) is 17.0. The monoisotopic (exact) mass is 928 g/mol. The number of thiazole rings is 2. The minimum atomic E-state index is -4.56. The third kappa shape index (κ3) is 10.6. The fourth-order valence-electron chi connectivity index (χ4n) is 6.57. The molecule has 0 bridgehead atoms. The van der Waals surface area contributed by atoms with Crippen LogP contribution in [0.3, 0.4) is 0 Å². The van der Waals surface area contributed by atoms with Crippen molar-refractivity contribution in [2.75, 3.05) is 6.54 Å². The molecule has 0 spiro atoms. The molecule has 0 fully saturated rings. The van der Waals surface area contributed by atoms with Gasteiger partial charge in [-0.2, -0.15) is 13.2 Å². The molecule has 2 aromatic heterocycles. The van der Waals surface area contributed by atoms with Gasteiger partial charge in [-0.3, -0.25) is 29.3 Å². The SMILES string of the molecule is CC(=O)N1C(c2nccs2)=N[C@@H](c2ccc(F)cc2Cl)C(C(=O)N[C@H](C)c2ccccc2)=C1C.CC1=C(C(=O)NCC(F)(F)F)[C@H](c2ccc(F)cc2Cl)N=C(c2nccs2)N1. The van der Waals surface area contributed by atoms with Crippen LogP contribution in [0.1, 0.15) is 72.5 Å². The summed E-state index contributed by atoms with van der Waals surface area (Å²) in [7, 11) is 0. The molecule has 4 heterocycles.